The van der Waals surface area contributed by atoms with Crippen LogP contribution in [0.1, 0.15) is 28.4 Å². The Bertz CT molecular complexity index is 2260. The number of aliphatic imine (C=N–C) groups is 3. The summed E-state index contributed by atoms with van der Waals surface area (Å²) in [5.74, 6) is 3.42. The summed E-state index contributed by atoms with van der Waals surface area (Å²) >= 11 is 0. The first kappa shape index (κ1) is 23.7. The molecule has 0 saturated heterocycles. The number of hydrogen-bond acceptors (Lipinski definition) is 6. The standard InChI is InChI=1S/C32H20N8.Cu/c1-2-10-18-17(9-1)25-33-26(18)38-28-21-13-5-6-14-22(21)30(35-28)40-32-24-16-8-7-15-23(24)31(36-32)39-29-20-12-4-3-11-19(20)27(34-29)37-25;/h1-16,25,35H,(H,33,38)(H,34,36,37,39,40);. The summed E-state index contributed by atoms with van der Waals surface area (Å²) in [5, 5.41) is 7.50. The van der Waals surface area contributed by atoms with Gasteiger partial charge in [0.1, 0.15) is 34.6 Å². The second kappa shape index (κ2) is 8.96. The Kier molecular flexibility index (Phi) is 5.19. The number of amidine groups is 3. The quantitative estimate of drug-likeness (QED) is 0.214. The molecule has 2 aromatic heterocycles. The van der Waals surface area contributed by atoms with Gasteiger partial charge in [0.05, 0.1) is 0 Å². The van der Waals surface area contributed by atoms with E-state index < -0.39 is 0 Å². The maximum absolute atomic E-state index is 5.15. The zero-order chi connectivity index (χ0) is 26.2. The molecule has 8 nitrogen and oxygen atoms in total. The zero-order valence-electron chi connectivity index (χ0n) is 21.4. The predicted octanol–water partition coefficient (Wildman–Crippen LogP) is 5.12. The molecule has 3 N–H and O–H groups in total. The van der Waals surface area contributed by atoms with Crippen molar-refractivity contribution in [2.75, 3.05) is 0 Å². The molecule has 0 saturated carbocycles. The number of benzene rings is 4. The molecule has 4 aromatic carbocycles. The van der Waals surface area contributed by atoms with Gasteiger partial charge in [-0.1, -0.05) is 97.1 Å². The maximum Gasteiger partial charge on any atom is 0.164 e. The second-order valence-electron chi connectivity index (χ2n) is 9.99. The first-order valence-corrected chi connectivity index (χ1v) is 13.2. The van der Waals surface area contributed by atoms with E-state index in [0.717, 1.165) is 60.9 Å². The third-order valence-corrected chi connectivity index (χ3v) is 7.67. The van der Waals surface area contributed by atoms with Crippen LogP contribution < -0.4 is 16.3 Å². The number of hydrogen-bond donors (Lipinski definition) is 3. The van der Waals surface area contributed by atoms with Crippen molar-refractivity contribution >= 4 is 50.7 Å². The average molecular weight is 580 g/mol. The molecule has 0 aliphatic carbocycles. The van der Waals surface area contributed by atoms with Crippen molar-refractivity contribution in [3.63, 3.8) is 0 Å². The van der Waals surface area contributed by atoms with Crippen LogP contribution >= 0.6 is 0 Å². The van der Waals surface area contributed by atoms with E-state index >= 15 is 0 Å². The Morgan fingerprint density at radius 3 is 1.78 bits per heavy atom. The number of aromatic amines is 2. The number of nitrogens with one attached hydrogen (secondary N) is 3. The Morgan fingerprint density at radius 1 is 0.488 bits per heavy atom. The third kappa shape index (κ3) is 3.57. The van der Waals surface area contributed by atoms with E-state index in [-0.39, 0.29) is 23.2 Å². The number of nitrogens with zero attached hydrogens (tertiary/aromatic N) is 5. The van der Waals surface area contributed by atoms with Crippen molar-refractivity contribution in [1.82, 2.24) is 15.3 Å². The predicted molar refractivity (Wildman–Crippen MR) is 157 cm³/mol. The van der Waals surface area contributed by atoms with Gasteiger partial charge >= 0.3 is 0 Å². The van der Waals surface area contributed by atoms with Gasteiger partial charge in [0.15, 0.2) is 11.7 Å². The maximum atomic E-state index is 5.15. The van der Waals surface area contributed by atoms with Crippen molar-refractivity contribution < 1.29 is 17.1 Å². The fourth-order valence-corrected chi connectivity index (χ4v) is 5.80. The minimum atomic E-state index is -0.312. The van der Waals surface area contributed by atoms with Crippen LogP contribution in [0.25, 0.3) is 21.5 Å². The molecule has 41 heavy (non-hydrogen) atoms. The van der Waals surface area contributed by atoms with Crippen LogP contribution in [0.5, 0.6) is 0 Å². The summed E-state index contributed by atoms with van der Waals surface area (Å²) in [6.45, 7) is 0. The van der Waals surface area contributed by atoms with Gasteiger partial charge < -0.3 is 15.3 Å². The van der Waals surface area contributed by atoms with Crippen LogP contribution in [0.3, 0.4) is 0 Å². The summed E-state index contributed by atoms with van der Waals surface area (Å²) < 4.78 is 0. The average Bonchev–Trinajstić information content (AvgIpc) is 3.73. The van der Waals surface area contributed by atoms with Gasteiger partial charge in [0, 0.05) is 60.9 Å². The molecule has 199 valence electrons. The van der Waals surface area contributed by atoms with Gasteiger partial charge in [-0.15, -0.1) is 0 Å². The molecule has 1 atom stereocenters. The molecule has 0 fully saturated rings. The van der Waals surface area contributed by atoms with Crippen molar-refractivity contribution in [2.45, 2.75) is 6.17 Å². The zero-order valence-corrected chi connectivity index (χ0v) is 22.3. The van der Waals surface area contributed by atoms with Crippen LogP contribution in [-0.4, -0.2) is 27.5 Å². The third-order valence-electron chi connectivity index (χ3n) is 7.67. The first-order valence-electron chi connectivity index (χ1n) is 13.2. The van der Waals surface area contributed by atoms with Crippen LogP contribution in [0.2, 0.25) is 0 Å². The molecule has 3 aliphatic heterocycles. The second-order valence-corrected chi connectivity index (χ2v) is 9.99. The number of aromatic nitrogens is 2. The van der Waals surface area contributed by atoms with Crippen molar-refractivity contribution in [2.24, 2.45) is 25.0 Å². The van der Waals surface area contributed by atoms with Gasteiger partial charge in [-0.05, 0) is 0 Å². The normalized spacial score (nSPS) is 19.8. The fraction of sp³-hybridized carbons (Fsp3) is 0.0312. The van der Waals surface area contributed by atoms with E-state index in [1.54, 1.807) is 0 Å². The Hall–Kier alpha value is -5.11. The van der Waals surface area contributed by atoms with E-state index in [2.05, 4.69) is 51.7 Å². The SMILES string of the molecule is [Cu].c1ccc2c(c1)C1=N/C2=N\c2[nH]c(c3ccccc23)/N=C2\NC(/N=c3\[nH]c(c4ccccc34)=N1)c1ccccc12. The molecule has 3 aliphatic rings. The molecular weight excluding hydrogens is 560 g/mol. The molecule has 6 aromatic rings. The molecular formula is C32H20CuN8. The number of rotatable bonds is 0. The minimum absolute atomic E-state index is 0. The summed E-state index contributed by atoms with van der Waals surface area (Å²) in [6, 6.07) is 32.6. The topological polar surface area (TPSA) is 105 Å². The summed E-state index contributed by atoms with van der Waals surface area (Å²) in [4.78, 5) is 32.2. The van der Waals surface area contributed by atoms with Gasteiger partial charge in [0.2, 0.25) is 0 Å². The van der Waals surface area contributed by atoms with Crippen LogP contribution in [0.4, 0.5) is 11.6 Å². The molecule has 0 spiro atoms. The molecule has 5 heterocycles. The smallest absolute Gasteiger partial charge is 0.164 e. The molecule has 9 rings (SSSR count). The number of fused-ring (bicyclic) bond motifs is 19. The van der Waals surface area contributed by atoms with Crippen molar-refractivity contribution in [3.05, 3.63) is 130 Å². The minimum Gasteiger partial charge on any atom is -0.344 e. The molecule has 8 bridgehead atoms. The van der Waals surface area contributed by atoms with Crippen LogP contribution in [-0.2, 0) is 17.1 Å². The van der Waals surface area contributed by atoms with Gasteiger partial charge in [0.25, 0.3) is 0 Å². The van der Waals surface area contributed by atoms with Crippen molar-refractivity contribution in [3.8, 4) is 0 Å². The van der Waals surface area contributed by atoms with Crippen LogP contribution in [0.15, 0.2) is 122 Å². The van der Waals surface area contributed by atoms with Gasteiger partial charge in [-0.3, -0.25) is 0 Å². The summed E-state index contributed by atoms with van der Waals surface area (Å²) in [5.41, 5.74) is 5.43. The van der Waals surface area contributed by atoms with Gasteiger partial charge in [-0.25, -0.2) is 25.0 Å². The molecule has 1 unspecified atom stereocenters. The van der Waals surface area contributed by atoms with E-state index in [1.165, 1.54) is 0 Å². The molecule has 1 radical (unpaired) electrons. The number of H-pyrrole nitrogens is 2. The Balaban J connectivity index is 0.00000256. The van der Waals surface area contributed by atoms with E-state index in [0.29, 0.717) is 23.0 Å². The molecule has 0 amide bonds. The Labute approximate surface area is 243 Å². The van der Waals surface area contributed by atoms with Crippen molar-refractivity contribution in [1.29, 1.82) is 0 Å². The fourth-order valence-electron chi connectivity index (χ4n) is 5.80. The van der Waals surface area contributed by atoms with E-state index in [4.69, 9.17) is 25.0 Å². The monoisotopic (exact) mass is 579 g/mol. The summed E-state index contributed by atoms with van der Waals surface area (Å²) in [7, 11) is 0. The van der Waals surface area contributed by atoms with Crippen LogP contribution in [0, 0.1) is 0 Å². The van der Waals surface area contributed by atoms with Gasteiger partial charge in [-0.2, -0.15) is 0 Å². The van der Waals surface area contributed by atoms with E-state index in [9.17, 15) is 0 Å². The largest absolute Gasteiger partial charge is 0.344 e. The van der Waals surface area contributed by atoms with E-state index in [1.807, 2.05) is 60.7 Å². The first-order chi connectivity index (χ1) is 19.8. The summed E-state index contributed by atoms with van der Waals surface area (Å²) in [6.07, 6.45) is -0.312. The molecule has 9 heteroatoms. The Morgan fingerprint density at radius 2 is 1.05 bits per heavy atom.